The first kappa shape index (κ1) is 18.0. The van der Waals surface area contributed by atoms with E-state index in [-0.39, 0.29) is 18.6 Å². The summed E-state index contributed by atoms with van der Waals surface area (Å²) in [5, 5.41) is 14.1. The molecule has 0 fully saturated rings. The van der Waals surface area contributed by atoms with Crippen molar-refractivity contribution in [3.05, 3.63) is 35.4 Å². The van der Waals surface area contributed by atoms with Gasteiger partial charge in [0, 0.05) is 18.6 Å². The first-order valence-electron chi connectivity index (χ1n) is 6.99. The Morgan fingerprint density at radius 2 is 1.95 bits per heavy atom. The number of benzene rings is 1. The molecule has 2 amide bonds. The third kappa shape index (κ3) is 5.40. The molecule has 1 rings (SSSR count). The molecule has 1 aromatic carbocycles. The van der Waals surface area contributed by atoms with Gasteiger partial charge in [-0.1, -0.05) is 13.0 Å². The Morgan fingerprint density at radius 3 is 2.45 bits per heavy atom. The maximum Gasteiger partial charge on any atom is 0.222 e. The van der Waals surface area contributed by atoms with E-state index in [1.54, 1.807) is 6.92 Å². The molecule has 0 aromatic heterocycles. The molecule has 2 unspecified atom stereocenters. The zero-order valence-corrected chi connectivity index (χ0v) is 12.5. The second-order valence-corrected chi connectivity index (χ2v) is 4.98. The van der Waals surface area contributed by atoms with Crippen molar-refractivity contribution in [3.63, 3.8) is 0 Å². The first-order valence-corrected chi connectivity index (χ1v) is 6.99. The third-order valence-electron chi connectivity index (χ3n) is 3.18. The molecule has 0 saturated heterocycles. The van der Waals surface area contributed by atoms with Gasteiger partial charge in [0.1, 0.15) is 11.6 Å². The van der Waals surface area contributed by atoms with Crippen LogP contribution in [0.5, 0.6) is 0 Å². The highest BCUT2D eigenvalue weighted by Gasteiger charge is 2.21. The van der Waals surface area contributed by atoms with Crippen molar-refractivity contribution >= 4 is 11.8 Å². The number of carbonyl (C=O) groups is 2. The summed E-state index contributed by atoms with van der Waals surface area (Å²) in [6.45, 7) is 2.83. The van der Waals surface area contributed by atoms with Crippen LogP contribution < -0.4 is 10.6 Å². The van der Waals surface area contributed by atoms with E-state index in [2.05, 4.69) is 10.6 Å². The lowest BCUT2D eigenvalue weighted by Gasteiger charge is -2.20. The quantitative estimate of drug-likeness (QED) is 0.712. The summed E-state index contributed by atoms with van der Waals surface area (Å²) in [7, 11) is 0. The van der Waals surface area contributed by atoms with Crippen molar-refractivity contribution < 1.29 is 23.5 Å². The van der Waals surface area contributed by atoms with Crippen molar-refractivity contribution in [1.82, 2.24) is 10.6 Å². The molecule has 1 aromatic rings. The highest BCUT2D eigenvalue weighted by molar-refractivity contribution is 5.79. The molecule has 0 bridgehead atoms. The minimum Gasteiger partial charge on any atom is -0.394 e. The van der Waals surface area contributed by atoms with Crippen LogP contribution >= 0.6 is 0 Å². The number of hydrogen-bond acceptors (Lipinski definition) is 3. The highest BCUT2D eigenvalue weighted by Crippen LogP contribution is 2.21. The molecular formula is C15H20F2N2O3. The summed E-state index contributed by atoms with van der Waals surface area (Å²) in [5.74, 6) is -2.45. The smallest absolute Gasteiger partial charge is 0.222 e. The normalized spacial score (nSPS) is 13.3. The van der Waals surface area contributed by atoms with Gasteiger partial charge in [0.05, 0.1) is 25.1 Å². The van der Waals surface area contributed by atoms with Crippen molar-refractivity contribution in [2.75, 3.05) is 6.61 Å². The maximum atomic E-state index is 13.8. The molecule has 0 saturated carbocycles. The van der Waals surface area contributed by atoms with Gasteiger partial charge >= 0.3 is 0 Å². The minimum absolute atomic E-state index is 0.0313. The molecule has 3 N–H and O–H groups in total. The molecule has 7 heteroatoms. The van der Waals surface area contributed by atoms with Gasteiger partial charge in [0.15, 0.2) is 0 Å². The maximum absolute atomic E-state index is 13.8. The van der Waals surface area contributed by atoms with E-state index in [0.29, 0.717) is 12.5 Å². The zero-order valence-electron chi connectivity index (χ0n) is 12.5. The molecule has 2 atom stereocenters. The number of nitrogens with one attached hydrogen (secondary N) is 2. The van der Waals surface area contributed by atoms with Crippen LogP contribution in [-0.4, -0.2) is 29.6 Å². The van der Waals surface area contributed by atoms with Crippen LogP contribution in [0.25, 0.3) is 0 Å². The van der Waals surface area contributed by atoms with E-state index in [1.165, 1.54) is 13.0 Å². The summed E-state index contributed by atoms with van der Waals surface area (Å²) in [5.41, 5.74) is 0.0313. The van der Waals surface area contributed by atoms with Crippen LogP contribution in [0.2, 0.25) is 0 Å². The summed E-state index contributed by atoms with van der Waals surface area (Å²) in [6, 6.07) is 1.65. The Balaban J connectivity index is 2.89. The van der Waals surface area contributed by atoms with Crippen LogP contribution in [0.4, 0.5) is 8.78 Å². The van der Waals surface area contributed by atoms with Crippen LogP contribution in [-0.2, 0) is 9.59 Å². The summed E-state index contributed by atoms with van der Waals surface area (Å²) in [4.78, 5) is 23.2. The number of carbonyl (C=O) groups excluding carboxylic acids is 2. The van der Waals surface area contributed by atoms with E-state index < -0.39 is 35.5 Å². The van der Waals surface area contributed by atoms with Gasteiger partial charge in [-0.2, -0.15) is 0 Å². The predicted octanol–water partition coefficient (Wildman–Crippen LogP) is 1.42. The molecule has 0 radical (unpaired) electrons. The lowest BCUT2D eigenvalue weighted by molar-refractivity contribution is -0.123. The van der Waals surface area contributed by atoms with Crippen molar-refractivity contribution in [2.24, 2.45) is 0 Å². The van der Waals surface area contributed by atoms with Gasteiger partial charge < -0.3 is 15.7 Å². The fraction of sp³-hybridized carbons (Fsp3) is 0.467. The van der Waals surface area contributed by atoms with E-state index in [9.17, 15) is 18.4 Å². The molecule has 0 heterocycles. The zero-order chi connectivity index (χ0) is 16.7. The molecular weight excluding hydrogens is 294 g/mol. The van der Waals surface area contributed by atoms with Gasteiger partial charge in [-0.3, -0.25) is 9.59 Å². The predicted molar refractivity (Wildman–Crippen MR) is 76.8 cm³/mol. The molecule has 22 heavy (non-hydrogen) atoms. The second kappa shape index (κ2) is 8.43. The van der Waals surface area contributed by atoms with Crippen LogP contribution in [0, 0.1) is 11.6 Å². The van der Waals surface area contributed by atoms with E-state index >= 15 is 0 Å². The van der Waals surface area contributed by atoms with Crippen LogP contribution in [0.15, 0.2) is 18.2 Å². The molecule has 0 spiro atoms. The lowest BCUT2D eigenvalue weighted by atomic mass is 10.0. The Morgan fingerprint density at radius 1 is 1.27 bits per heavy atom. The third-order valence-corrected chi connectivity index (χ3v) is 3.18. The standard InChI is InChI=1S/C15H20F2N2O3/c1-3-11(8-20)19-15(22)7-14(18-9(2)21)12-5-4-10(16)6-13(12)17/h4-6,11,14,20H,3,7-8H2,1-2H3,(H,18,21)(H,19,22). The van der Waals surface area contributed by atoms with Crippen molar-refractivity contribution in [1.29, 1.82) is 0 Å². The molecule has 0 aliphatic carbocycles. The molecule has 5 nitrogen and oxygen atoms in total. The number of rotatable bonds is 7. The molecule has 0 aliphatic heterocycles. The SMILES string of the molecule is CCC(CO)NC(=O)CC(NC(C)=O)c1ccc(F)cc1F. The van der Waals surface area contributed by atoms with E-state index in [0.717, 1.165) is 6.07 Å². The molecule has 0 aliphatic rings. The van der Waals surface area contributed by atoms with Crippen LogP contribution in [0.3, 0.4) is 0 Å². The van der Waals surface area contributed by atoms with Gasteiger partial charge in [0.2, 0.25) is 11.8 Å². The van der Waals surface area contributed by atoms with E-state index in [1.807, 2.05) is 0 Å². The molecule has 122 valence electrons. The fourth-order valence-electron chi connectivity index (χ4n) is 2.02. The first-order chi connectivity index (χ1) is 10.4. The summed E-state index contributed by atoms with van der Waals surface area (Å²) < 4.78 is 26.8. The summed E-state index contributed by atoms with van der Waals surface area (Å²) >= 11 is 0. The van der Waals surface area contributed by atoms with Crippen molar-refractivity contribution in [2.45, 2.75) is 38.8 Å². The van der Waals surface area contributed by atoms with Gasteiger partial charge in [-0.15, -0.1) is 0 Å². The lowest BCUT2D eigenvalue weighted by Crippen LogP contribution is -2.39. The average molecular weight is 314 g/mol. The second-order valence-electron chi connectivity index (χ2n) is 4.98. The van der Waals surface area contributed by atoms with Gasteiger partial charge in [-0.25, -0.2) is 8.78 Å². The average Bonchev–Trinajstić information content (AvgIpc) is 2.43. The minimum atomic E-state index is -0.908. The Bertz CT molecular complexity index is 534. The number of halogens is 2. The Labute approximate surface area is 127 Å². The summed E-state index contributed by atoms with van der Waals surface area (Å²) in [6.07, 6.45) is 0.330. The van der Waals surface area contributed by atoms with Gasteiger partial charge in [0.25, 0.3) is 0 Å². The van der Waals surface area contributed by atoms with Gasteiger partial charge in [-0.05, 0) is 12.5 Å². The van der Waals surface area contributed by atoms with E-state index in [4.69, 9.17) is 5.11 Å². The Kier molecular flexibility index (Phi) is 6.91. The Hall–Kier alpha value is -2.02. The fourth-order valence-corrected chi connectivity index (χ4v) is 2.02. The topological polar surface area (TPSA) is 78.4 Å². The number of aliphatic hydroxyl groups excluding tert-OH is 1. The number of aliphatic hydroxyl groups is 1. The highest BCUT2D eigenvalue weighted by atomic mass is 19.1. The number of amides is 2. The van der Waals surface area contributed by atoms with Crippen LogP contribution in [0.1, 0.15) is 38.3 Å². The van der Waals surface area contributed by atoms with Crippen molar-refractivity contribution in [3.8, 4) is 0 Å². The number of hydrogen-bond donors (Lipinski definition) is 3. The largest absolute Gasteiger partial charge is 0.394 e. The monoisotopic (exact) mass is 314 g/mol.